The topological polar surface area (TPSA) is 33.6 Å². The Bertz CT molecular complexity index is 805. The smallest absolute Gasteiger partial charge is 0.199 e. The van der Waals surface area contributed by atoms with Crippen molar-refractivity contribution in [3.63, 3.8) is 0 Å². The van der Waals surface area contributed by atoms with Crippen molar-refractivity contribution < 1.29 is 0 Å². The first-order valence-electron chi connectivity index (χ1n) is 7.12. The van der Waals surface area contributed by atoms with Gasteiger partial charge in [0.1, 0.15) is 5.82 Å². The third kappa shape index (κ3) is 2.21. The molecule has 1 aliphatic rings. The number of rotatable bonds is 3. The summed E-state index contributed by atoms with van der Waals surface area (Å²) in [6.07, 6.45) is 1.14. The Morgan fingerprint density at radius 1 is 0.952 bits per heavy atom. The van der Waals surface area contributed by atoms with Crippen molar-refractivity contribution in [2.45, 2.75) is 18.3 Å². The highest BCUT2D eigenvalue weighted by molar-refractivity contribution is 7.71. The Hall–Kier alpha value is -2.20. The fourth-order valence-corrected chi connectivity index (χ4v) is 3.18. The summed E-state index contributed by atoms with van der Waals surface area (Å²) in [5.74, 6) is 2.04. The molecule has 0 bridgehead atoms. The van der Waals surface area contributed by atoms with Gasteiger partial charge in [-0.25, -0.2) is 0 Å². The number of nitrogens with one attached hydrogen (secondary N) is 1. The number of aromatic amines is 1. The van der Waals surface area contributed by atoms with E-state index in [2.05, 4.69) is 57.2 Å². The summed E-state index contributed by atoms with van der Waals surface area (Å²) in [4.78, 5) is 0. The average Bonchev–Trinajstić information content (AvgIpc) is 3.25. The molecule has 1 N–H and O–H groups in total. The van der Waals surface area contributed by atoms with Gasteiger partial charge in [0.05, 0.1) is 0 Å². The highest BCUT2D eigenvalue weighted by Crippen LogP contribution is 2.54. The van der Waals surface area contributed by atoms with Crippen molar-refractivity contribution in [1.29, 1.82) is 0 Å². The molecule has 21 heavy (non-hydrogen) atoms. The number of H-pyrrole nitrogens is 1. The molecule has 4 heteroatoms. The van der Waals surface area contributed by atoms with Crippen LogP contribution in [0.2, 0.25) is 0 Å². The van der Waals surface area contributed by atoms with Crippen LogP contribution in [0.15, 0.2) is 60.7 Å². The van der Waals surface area contributed by atoms with Crippen molar-refractivity contribution in [1.82, 2.24) is 14.8 Å². The average molecular weight is 293 g/mol. The minimum atomic E-state index is 0.445. The van der Waals surface area contributed by atoms with Crippen LogP contribution in [0.1, 0.15) is 29.6 Å². The van der Waals surface area contributed by atoms with E-state index in [0.29, 0.717) is 16.6 Å². The van der Waals surface area contributed by atoms with E-state index in [1.165, 1.54) is 5.56 Å². The van der Waals surface area contributed by atoms with Crippen LogP contribution in [0, 0.1) is 4.77 Å². The van der Waals surface area contributed by atoms with Crippen LogP contribution in [-0.2, 0) is 0 Å². The van der Waals surface area contributed by atoms with Crippen LogP contribution in [0.4, 0.5) is 0 Å². The van der Waals surface area contributed by atoms with E-state index in [1.54, 1.807) is 0 Å². The molecule has 3 nitrogen and oxygen atoms in total. The SMILES string of the molecule is S=c1[nH]nc(C2CC2c2ccccc2)n1-c1ccccc1. The number of hydrogen-bond acceptors (Lipinski definition) is 2. The largest absolute Gasteiger partial charge is 0.272 e. The fourth-order valence-electron chi connectivity index (χ4n) is 2.93. The molecule has 1 aromatic heterocycles. The van der Waals surface area contributed by atoms with Crippen LogP contribution >= 0.6 is 12.2 Å². The van der Waals surface area contributed by atoms with Gasteiger partial charge in [-0.05, 0) is 42.3 Å². The Balaban J connectivity index is 1.71. The number of aromatic nitrogens is 3. The van der Waals surface area contributed by atoms with E-state index in [1.807, 2.05) is 18.2 Å². The lowest BCUT2D eigenvalue weighted by Gasteiger charge is -2.06. The molecular formula is C17H15N3S. The van der Waals surface area contributed by atoms with Gasteiger partial charge in [0.15, 0.2) is 4.77 Å². The van der Waals surface area contributed by atoms with E-state index in [-0.39, 0.29) is 0 Å². The zero-order chi connectivity index (χ0) is 14.2. The van der Waals surface area contributed by atoms with Crippen LogP contribution in [0.25, 0.3) is 5.69 Å². The van der Waals surface area contributed by atoms with Crippen molar-refractivity contribution in [3.8, 4) is 5.69 Å². The number of benzene rings is 2. The zero-order valence-corrected chi connectivity index (χ0v) is 12.3. The minimum absolute atomic E-state index is 0.445. The van der Waals surface area contributed by atoms with Crippen LogP contribution in [0.3, 0.4) is 0 Å². The summed E-state index contributed by atoms with van der Waals surface area (Å²) in [6, 6.07) is 20.8. The standard InChI is InChI=1S/C17H15N3S/c21-17-19-18-16(20(17)13-9-5-2-6-10-13)15-11-14(15)12-7-3-1-4-8-12/h1-10,14-15H,11H2,(H,19,21). The second-order valence-corrected chi connectivity index (χ2v) is 5.80. The molecular weight excluding hydrogens is 278 g/mol. The van der Waals surface area contributed by atoms with Crippen molar-refractivity contribution in [3.05, 3.63) is 76.8 Å². The van der Waals surface area contributed by atoms with Gasteiger partial charge in [-0.2, -0.15) is 5.10 Å². The summed E-state index contributed by atoms with van der Waals surface area (Å²) in [5, 5.41) is 7.42. The Labute approximate surface area is 128 Å². The molecule has 1 fully saturated rings. The Kier molecular flexibility index (Phi) is 2.97. The minimum Gasteiger partial charge on any atom is -0.272 e. The third-order valence-corrected chi connectivity index (χ3v) is 4.34. The quantitative estimate of drug-likeness (QED) is 0.734. The Morgan fingerprint density at radius 2 is 1.62 bits per heavy atom. The van der Waals surface area contributed by atoms with E-state index < -0.39 is 0 Å². The van der Waals surface area contributed by atoms with Gasteiger partial charge in [0, 0.05) is 11.6 Å². The maximum Gasteiger partial charge on any atom is 0.199 e. The fraction of sp³-hybridized carbons (Fsp3) is 0.176. The van der Waals surface area contributed by atoms with Gasteiger partial charge in [-0.1, -0.05) is 48.5 Å². The normalized spacial score (nSPS) is 20.4. The van der Waals surface area contributed by atoms with Gasteiger partial charge >= 0.3 is 0 Å². The third-order valence-electron chi connectivity index (χ3n) is 4.06. The summed E-state index contributed by atoms with van der Waals surface area (Å²) in [5.41, 5.74) is 2.46. The molecule has 0 spiro atoms. The summed E-state index contributed by atoms with van der Waals surface area (Å²) >= 11 is 5.40. The van der Waals surface area contributed by atoms with Crippen LogP contribution < -0.4 is 0 Å². The summed E-state index contributed by atoms with van der Waals surface area (Å²) in [6.45, 7) is 0. The molecule has 0 radical (unpaired) electrons. The van der Waals surface area contributed by atoms with Crippen molar-refractivity contribution >= 4 is 12.2 Å². The molecule has 3 aromatic rings. The predicted octanol–water partition coefficient (Wildman–Crippen LogP) is 4.20. The lowest BCUT2D eigenvalue weighted by molar-refractivity contribution is 0.846. The van der Waals surface area contributed by atoms with E-state index in [0.717, 1.165) is 17.9 Å². The summed E-state index contributed by atoms with van der Waals surface area (Å²) in [7, 11) is 0. The van der Waals surface area contributed by atoms with E-state index >= 15 is 0 Å². The van der Waals surface area contributed by atoms with Gasteiger partial charge in [-0.3, -0.25) is 9.67 Å². The lowest BCUT2D eigenvalue weighted by Crippen LogP contribution is -2.00. The molecule has 4 rings (SSSR count). The summed E-state index contributed by atoms with van der Waals surface area (Å²) < 4.78 is 2.72. The van der Waals surface area contributed by atoms with Crippen molar-refractivity contribution in [2.24, 2.45) is 0 Å². The number of hydrogen-bond donors (Lipinski definition) is 1. The maximum absolute atomic E-state index is 5.40. The molecule has 0 aliphatic heterocycles. The first-order chi connectivity index (χ1) is 10.3. The number of nitrogens with zero attached hydrogens (tertiary/aromatic N) is 2. The lowest BCUT2D eigenvalue weighted by atomic mass is 10.1. The van der Waals surface area contributed by atoms with Gasteiger partial charge in [0.25, 0.3) is 0 Å². The molecule has 2 aromatic carbocycles. The Morgan fingerprint density at radius 3 is 2.33 bits per heavy atom. The first kappa shape index (κ1) is 12.5. The maximum atomic E-state index is 5.40. The highest BCUT2D eigenvalue weighted by Gasteiger charge is 2.43. The van der Waals surface area contributed by atoms with Gasteiger partial charge in [-0.15, -0.1) is 0 Å². The molecule has 1 saturated carbocycles. The molecule has 2 atom stereocenters. The predicted molar refractivity (Wildman–Crippen MR) is 85.3 cm³/mol. The van der Waals surface area contributed by atoms with Crippen LogP contribution in [0.5, 0.6) is 0 Å². The highest BCUT2D eigenvalue weighted by atomic mass is 32.1. The van der Waals surface area contributed by atoms with E-state index in [9.17, 15) is 0 Å². The van der Waals surface area contributed by atoms with Gasteiger partial charge < -0.3 is 0 Å². The zero-order valence-electron chi connectivity index (χ0n) is 11.4. The monoisotopic (exact) mass is 293 g/mol. The van der Waals surface area contributed by atoms with E-state index in [4.69, 9.17) is 12.2 Å². The van der Waals surface area contributed by atoms with Crippen LogP contribution in [-0.4, -0.2) is 14.8 Å². The molecule has 0 saturated heterocycles. The molecule has 0 amide bonds. The molecule has 1 heterocycles. The first-order valence-corrected chi connectivity index (χ1v) is 7.53. The molecule has 1 aliphatic carbocycles. The van der Waals surface area contributed by atoms with Crippen molar-refractivity contribution in [2.75, 3.05) is 0 Å². The molecule has 104 valence electrons. The molecule has 2 unspecified atom stereocenters. The second kappa shape index (κ2) is 4.97. The second-order valence-electron chi connectivity index (χ2n) is 5.42. The number of para-hydroxylation sites is 1. The van der Waals surface area contributed by atoms with Gasteiger partial charge in [0.2, 0.25) is 0 Å².